The van der Waals surface area contributed by atoms with E-state index in [2.05, 4.69) is 19.1 Å². The smallest absolute Gasteiger partial charge is 0.201 e. The average molecular weight is 427 g/mol. The van der Waals surface area contributed by atoms with Gasteiger partial charge in [0.15, 0.2) is 11.6 Å². The molecule has 2 aromatic carbocycles. The molecule has 4 atom stereocenters. The van der Waals surface area contributed by atoms with Gasteiger partial charge in [0.25, 0.3) is 0 Å². The number of hydrogen-bond donors (Lipinski definition) is 0. The fourth-order valence-corrected chi connectivity index (χ4v) is 6.14. The van der Waals surface area contributed by atoms with E-state index in [-0.39, 0.29) is 5.75 Å². The number of halogens is 2. The third-order valence-electron chi connectivity index (χ3n) is 7.69. The Kier molecular flexibility index (Phi) is 7.30. The summed E-state index contributed by atoms with van der Waals surface area (Å²) in [5.41, 5.74) is 2.39. The van der Waals surface area contributed by atoms with Gasteiger partial charge in [-0.3, -0.25) is 0 Å². The summed E-state index contributed by atoms with van der Waals surface area (Å²) in [6.45, 7) is 4.60. The van der Waals surface area contributed by atoms with Gasteiger partial charge in [-0.2, -0.15) is 4.39 Å². The van der Waals surface area contributed by atoms with Gasteiger partial charge in [-0.05, 0) is 79.0 Å². The second kappa shape index (κ2) is 10.1. The first kappa shape index (κ1) is 22.3. The van der Waals surface area contributed by atoms with E-state index in [4.69, 9.17) is 4.74 Å². The van der Waals surface area contributed by atoms with E-state index < -0.39 is 11.6 Å². The Hall–Kier alpha value is -1.90. The van der Waals surface area contributed by atoms with Crippen molar-refractivity contribution in [3.8, 4) is 16.9 Å². The Morgan fingerprint density at radius 2 is 1.58 bits per heavy atom. The van der Waals surface area contributed by atoms with E-state index in [1.807, 2.05) is 19.1 Å². The molecule has 0 aliphatic heterocycles. The minimum absolute atomic E-state index is 0.00792. The van der Waals surface area contributed by atoms with Crippen molar-refractivity contribution in [1.29, 1.82) is 0 Å². The van der Waals surface area contributed by atoms with Gasteiger partial charge in [0.2, 0.25) is 5.82 Å². The molecule has 0 amide bonds. The van der Waals surface area contributed by atoms with E-state index in [9.17, 15) is 8.78 Å². The lowest BCUT2D eigenvalue weighted by Gasteiger charge is -2.21. The maximum absolute atomic E-state index is 14.7. The quantitative estimate of drug-likeness (QED) is 0.365. The zero-order chi connectivity index (χ0) is 21.8. The van der Waals surface area contributed by atoms with Crippen molar-refractivity contribution in [3.63, 3.8) is 0 Å². The van der Waals surface area contributed by atoms with Crippen LogP contribution in [0.25, 0.3) is 11.1 Å². The Labute approximate surface area is 186 Å². The lowest BCUT2D eigenvalue weighted by Crippen LogP contribution is -2.12. The molecule has 0 spiro atoms. The highest BCUT2D eigenvalue weighted by Crippen LogP contribution is 2.55. The van der Waals surface area contributed by atoms with E-state index in [1.165, 1.54) is 63.0 Å². The van der Waals surface area contributed by atoms with E-state index in [0.717, 1.165) is 29.7 Å². The van der Waals surface area contributed by atoms with Crippen molar-refractivity contribution in [2.45, 2.75) is 77.6 Å². The minimum atomic E-state index is -0.895. The van der Waals surface area contributed by atoms with Crippen molar-refractivity contribution in [1.82, 2.24) is 0 Å². The highest BCUT2D eigenvalue weighted by molar-refractivity contribution is 5.65. The Bertz CT molecular complexity index is 860. The van der Waals surface area contributed by atoms with Gasteiger partial charge in [-0.25, -0.2) is 4.39 Å². The summed E-state index contributed by atoms with van der Waals surface area (Å²) >= 11 is 0. The van der Waals surface area contributed by atoms with Crippen LogP contribution < -0.4 is 4.74 Å². The van der Waals surface area contributed by atoms with E-state index in [1.54, 1.807) is 6.07 Å². The zero-order valence-electron chi connectivity index (χ0n) is 19.0. The van der Waals surface area contributed by atoms with Gasteiger partial charge in [0.1, 0.15) is 0 Å². The average Bonchev–Trinajstić information content (AvgIpc) is 3.38. The molecule has 1 nitrogen and oxygen atoms in total. The monoisotopic (exact) mass is 426 g/mol. The van der Waals surface area contributed by atoms with Crippen LogP contribution in [0.4, 0.5) is 8.78 Å². The standard InChI is InChI=1S/C28H36F2O/c1-3-5-6-7-19-12-13-25-22(19)14-15-23(25)20-8-10-21(11-9-20)24-16-17-26(31-18-4-2)28(30)27(24)29/h8-11,16-17,19,22-23,25H,3-7,12-15,18H2,1-2H3. The maximum atomic E-state index is 14.7. The molecule has 2 saturated carbocycles. The molecule has 4 unspecified atom stereocenters. The van der Waals surface area contributed by atoms with Gasteiger partial charge < -0.3 is 4.74 Å². The van der Waals surface area contributed by atoms with Crippen LogP contribution in [0.15, 0.2) is 36.4 Å². The first-order valence-electron chi connectivity index (χ1n) is 12.3. The minimum Gasteiger partial charge on any atom is -0.490 e. The second-order valence-corrected chi connectivity index (χ2v) is 9.55. The molecule has 4 rings (SSSR count). The highest BCUT2D eigenvalue weighted by atomic mass is 19.2. The molecule has 3 heteroatoms. The van der Waals surface area contributed by atoms with Crippen molar-refractivity contribution in [3.05, 3.63) is 53.6 Å². The number of unbranched alkanes of at least 4 members (excludes halogenated alkanes) is 2. The van der Waals surface area contributed by atoms with Crippen LogP contribution in [0.5, 0.6) is 5.75 Å². The molecule has 2 fully saturated rings. The Morgan fingerprint density at radius 1 is 0.806 bits per heavy atom. The highest BCUT2D eigenvalue weighted by Gasteiger charge is 2.44. The maximum Gasteiger partial charge on any atom is 0.201 e. The first-order chi connectivity index (χ1) is 15.1. The van der Waals surface area contributed by atoms with Crippen LogP contribution in [0.1, 0.15) is 83.1 Å². The van der Waals surface area contributed by atoms with Crippen LogP contribution in [0.3, 0.4) is 0 Å². The molecule has 0 saturated heterocycles. The zero-order valence-corrected chi connectivity index (χ0v) is 19.0. The number of rotatable bonds is 9. The summed E-state index contributed by atoms with van der Waals surface area (Å²) in [7, 11) is 0. The van der Waals surface area contributed by atoms with Crippen LogP contribution in [0.2, 0.25) is 0 Å². The summed E-state index contributed by atoms with van der Waals surface area (Å²) in [5.74, 6) is 1.52. The molecular formula is C28H36F2O. The summed E-state index contributed by atoms with van der Waals surface area (Å²) in [6, 6.07) is 11.4. The van der Waals surface area contributed by atoms with E-state index in [0.29, 0.717) is 18.1 Å². The van der Waals surface area contributed by atoms with Crippen LogP contribution in [-0.2, 0) is 0 Å². The fourth-order valence-electron chi connectivity index (χ4n) is 6.14. The largest absolute Gasteiger partial charge is 0.490 e. The molecule has 0 N–H and O–H groups in total. The molecule has 31 heavy (non-hydrogen) atoms. The third kappa shape index (κ3) is 4.66. The topological polar surface area (TPSA) is 9.23 Å². The molecular weight excluding hydrogens is 390 g/mol. The number of hydrogen-bond acceptors (Lipinski definition) is 1. The predicted molar refractivity (Wildman–Crippen MR) is 123 cm³/mol. The lowest BCUT2D eigenvalue weighted by atomic mass is 9.83. The summed E-state index contributed by atoms with van der Waals surface area (Å²) in [4.78, 5) is 0. The number of benzene rings is 2. The van der Waals surface area contributed by atoms with Gasteiger partial charge in [0, 0.05) is 5.56 Å². The molecule has 0 bridgehead atoms. The van der Waals surface area contributed by atoms with Gasteiger partial charge in [-0.15, -0.1) is 0 Å². The van der Waals surface area contributed by atoms with Crippen molar-refractivity contribution in [2.24, 2.45) is 17.8 Å². The fraction of sp³-hybridized carbons (Fsp3) is 0.571. The van der Waals surface area contributed by atoms with Gasteiger partial charge in [-0.1, -0.05) is 63.8 Å². The van der Waals surface area contributed by atoms with E-state index >= 15 is 0 Å². The molecule has 168 valence electrons. The summed E-state index contributed by atoms with van der Waals surface area (Å²) in [6.07, 6.45) is 11.6. The van der Waals surface area contributed by atoms with Crippen LogP contribution in [0, 0.1) is 29.4 Å². The van der Waals surface area contributed by atoms with Crippen molar-refractivity contribution >= 4 is 0 Å². The summed E-state index contributed by atoms with van der Waals surface area (Å²) < 4.78 is 34.4. The SMILES string of the molecule is CCCCCC1CCC2C(c3ccc(-c4ccc(OCCC)c(F)c4F)cc3)CCC12. The molecule has 2 aliphatic rings. The second-order valence-electron chi connectivity index (χ2n) is 9.55. The molecule has 0 radical (unpaired) electrons. The van der Waals surface area contributed by atoms with Crippen LogP contribution in [-0.4, -0.2) is 6.61 Å². The Morgan fingerprint density at radius 3 is 2.32 bits per heavy atom. The molecule has 0 aromatic heterocycles. The number of ether oxygens (including phenoxy) is 1. The first-order valence-corrected chi connectivity index (χ1v) is 12.3. The number of fused-ring (bicyclic) bond motifs is 1. The summed E-state index contributed by atoms with van der Waals surface area (Å²) in [5, 5.41) is 0. The Balaban J connectivity index is 1.45. The third-order valence-corrected chi connectivity index (χ3v) is 7.69. The van der Waals surface area contributed by atoms with Gasteiger partial charge >= 0.3 is 0 Å². The van der Waals surface area contributed by atoms with Gasteiger partial charge in [0.05, 0.1) is 6.61 Å². The van der Waals surface area contributed by atoms with Crippen molar-refractivity contribution in [2.75, 3.05) is 6.61 Å². The molecule has 2 aromatic rings. The molecule has 2 aliphatic carbocycles. The van der Waals surface area contributed by atoms with Crippen molar-refractivity contribution < 1.29 is 13.5 Å². The lowest BCUT2D eigenvalue weighted by molar-refractivity contribution is 0.295. The normalized spacial score (nSPS) is 25.0. The predicted octanol–water partition coefficient (Wildman–Crippen LogP) is 8.52. The molecule has 0 heterocycles. The van der Waals surface area contributed by atoms with Crippen LogP contribution >= 0.6 is 0 Å².